The third-order valence-corrected chi connectivity index (χ3v) is 3.98. The molecule has 0 amide bonds. The molecular formula is C14H11NO6S. The van der Waals surface area contributed by atoms with Crippen LogP contribution in [0, 0.1) is 10.1 Å². The quantitative estimate of drug-likeness (QED) is 0.474. The Labute approximate surface area is 126 Å². The van der Waals surface area contributed by atoms with E-state index in [4.69, 9.17) is 0 Å². The Hall–Kier alpha value is -2.74. The van der Waals surface area contributed by atoms with E-state index < -0.39 is 21.0 Å². The number of nitro groups is 1. The molecule has 114 valence electrons. The van der Waals surface area contributed by atoms with Gasteiger partial charge < -0.3 is 4.18 Å². The Bertz CT molecular complexity index is 784. The minimum Gasteiger partial charge on any atom is -0.342 e. The van der Waals surface area contributed by atoms with Crippen LogP contribution in [0.5, 0.6) is 0 Å². The average Bonchev–Trinajstić information content (AvgIpc) is 2.48. The Kier molecular flexibility index (Phi) is 4.52. The summed E-state index contributed by atoms with van der Waals surface area (Å²) in [4.78, 5) is 21.5. The molecule has 0 aromatic heterocycles. The van der Waals surface area contributed by atoms with Crippen LogP contribution in [0.1, 0.15) is 5.56 Å². The number of non-ortho nitro benzene ring substituents is 1. The molecule has 0 aliphatic carbocycles. The molecule has 0 aliphatic heterocycles. The van der Waals surface area contributed by atoms with Gasteiger partial charge in [0.1, 0.15) is 4.90 Å². The van der Waals surface area contributed by atoms with E-state index in [2.05, 4.69) is 4.18 Å². The van der Waals surface area contributed by atoms with Crippen LogP contribution in [0.2, 0.25) is 0 Å². The van der Waals surface area contributed by atoms with Gasteiger partial charge in [-0.2, -0.15) is 8.42 Å². The standard InChI is InChI=1S/C14H11NO6S/c16-14(10-11-6-8-12(9-7-11)15(17)18)21-22(19,20)13-4-2-1-3-5-13/h1-9H,10H2. The SMILES string of the molecule is O=C(Cc1ccc([N+](=O)[O-])cc1)OS(=O)(=O)c1ccccc1. The fourth-order valence-electron chi connectivity index (χ4n) is 1.69. The first-order valence-electron chi connectivity index (χ1n) is 6.14. The van der Waals surface area contributed by atoms with Gasteiger partial charge in [0.05, 0.1) is 11.3 Å². The summed E-state index contributed by atoms with van der Waals surface area (Å²) >= 11 is 0. The number of benzene rings is 2. The maximum Gasteiger partial charge on any atom is 0.341 e. The van der Waals surface area contributed by atoms with Crippen LogP contribution in [0.15, 0.2) is 59.5 Å². The molecule has 22 heavy (non-hydrogen) atoms. The summed E-state index contributed by atoms with van der Waals surface area (Å²) in [5, 5.41) is 10.5. The number of nitrogens with zero attached hydrogens (tertiary/aromatic N) is 1. The van der Waals surface area contributed by atoms with Gasteiger partial charge in [-0.3, -0.25) is 14.9 Å². The summed E-state index contributed by atoms with van der Waals surface area (Å²) in [6, 6.07) is 12.5. The van der Waals surface area contributed by atoms with E-state index in [-0.39, 0.29) is 17.0 Å². The van der Waals surface area contributed by atoms with Crippen molar-refractivity contribution in [2.24, 2.45) is 0 Å². The van der Waals surface area contributed by atoms with Gasteiger partial charge in [0.2, 0.25) is 0 Å². The second kappa shape index (κ2) is 6.35. The molecule has 0 radical (unpaired) electrons. The lowest BCUT2D eigenvalue weighted by Gasteiger charge is -2.05. The number of carbonyl (C=O) groups excluding carboxylic acids is 1. The molecule has 0 aliphatic rings. The summed E-state index contributed by atoms with van der Waals surface area (Å²) in [6.45, 7) is 0. The van der Waals surface area contributed by atoms with Crippen molar-refractivity contribution >= 4 is 21.8 Å². The molecule has 0 N–H and O–H groups in total. The van der Waals surface area contributed by atoms with Crippen LogP contribution in [-0.4, -0.2) is 19.3 Å². The highest BCUT2D eigenvalue weighted by atomic mass is 32.2. The lowest BCUT2D eigenvalue weighted by atomic mass is 10.1. The molecule has 0 bridgehead atoms. The average molecular weight is 321 g/mol. The molecule has 2 aromatic carbocycles. The van der Waals surface area contributed by atoms with Crippen LogP contribution >= 0.6 is 0 Å². The molecule has 2 aromatic rings. The minimum atomic E-state index is -4.16. The highest BCUT2D eigenvalue weighted by Gasteiger charge is 2.20. The van der Waals surface area contributed by atoms with Crippen LogP contribution in [0.3, 0.4) is 0 Å². The van der Waals surface area contributed by atoms with Gasteiger partial charge in [0.15, 0.2) is 0 Å². The Morgan fingerprint density at radius 3 is 2.18 bits per heavy atom. The molecule has 8 heteroatoms. The van der Waals surface area contributed by atoms with Crippen molar-refractivity contribution in [3.63, 3.8) is 0 Å². The first-order valence-corrected chi connectivity index (χ1v) is 7.55. The first-order chi connectivity index (χ1) is 10.4. The van der Waals surface area contributed by atoms with Crippen molar-refractivity contribution < 1.29 is 22.3 Å². The lowest BCUT2D eigenvalue weighted by molar-refractivity contribution is -0.384. The summed E-state index contributed by atoms with van der Waals surface area (Å²) in [7, 11) is -4.16. The fraction of sp³-hybridized carbons (Fsp3) is 0.0714. The van der Waals surface area contributed by atoms with Crippen molar-refractivity contribution in [3.05, 3.63) is 70.3 Å². The summed E-state index contributed by atoms with van der Waals surface area (Å²) in [5.74, 6) is -0.960. The number of hydrogen-bond donors (Lipinski definition) is 0. The summed E-state index contributed by atoms with van der Waals surface area (Å²) in [6.07, 6.45) is -0.302. The van der Waals surface area contributed by atoms with Crippen LogP contribution in [0.4, 0.5) is 5.69 Å². The van der Waals surface area contributed by atoms with E-state index in [0.717, 1.165) is 0 Å². The number of nitro benzene ring substituents is 1. The van der Waals surface area contributed by atoms with Gasteiger partial charge in [0.25, 0.3) is 5.69 Å². The normalized spacial score (nSPS) is 10.9. The Morgan fingerprint density at radius 2 is 1.64 bits per heavy atom. The summed E-state index contributed by atoms with van der Waals surface area (Å²) in [5.41, 5.74) is 0.299. The Balaban J connectivity index is 2.05. The second-order valence-electron chi connectivity index (χ2n) is 4.32. The molecule has 0 saturated heterocycles. The molecule has 0 saturated carbocycles. The van der Waals surface area contributed by atoms with Crippen molar-refractivity contribution in [2.75, 3.05) is 0 Å². The topological polar surface area (TPSA) is 104 Å². The van der Waals surface area contributed by atoms with E-state index in [1.165, 1.54) is 48.5 Å². The predicted octanol–water partition coefficient (Wildman–Crippen LogP) is 2.07. The Morgan fingerprint density at radius 1 is 1.05 bits per heavy atom. The lowest BCUT2D eigenvalue weighted by Crippen LogP contribution is -2.15. The highest BCUT2D eigenvalue weighted by molar-refractivity contribution is 7.87. The number of hydrogen-bond acceptors (Lipinski definition) is 6. The van der Waals surface area contributed by atoms with Gasteiger partial charge in [-0.25, -0.2) is 0 Å². The van der Waals surface area contributed by atoms with Gasteiger partial charge >= 0.3 is 16.1 Å². The summed E-state index contributed by atoms with van der Waals surface area (Å²) < 4.78 is 28.2. The van der Waals surface area contributed by atoms with Crippen molar-refractivity contribution in [1.82, 2.24) is 0 Å². The first kappa shape index (κ1) is 15.6. The van der Waals surface area contributed by atoms with E-state index in [0.29, 0.717) is 5.56 Å². The van der Waals surface area contributed by atoms with E-state index in [1.807, 2.05) is 0 Å². The number of rotatable bonds is 5. The predicted molar refractivity (Wildman–Crippen MR) is 76.5 cm³/mol. The zero-order chi connectivity index (χ0) is 16.2. The van der Waals surface area contributed by atoms with Crippen molar-refractivity contribution in [1.29, 1.82) is 0 Å². The third kappa shape index (κ3) is 3.89. The van der Waals surface area contributed by atoms with Gasteiger partial charge in [-0.1, -0.05) is 30.3 Å². The van der Waals surface area contributed by atoms with Gasteiger partial charge in [-0.15, -0.1) is 0 Å². The van der Waals surface area contributed by atoms with Crippen LogP contribution in [-0.2, 0) is 25.5 Å². The van der Waals surface area contributed by atoms with E-state index in [1.54, 1.807) is 6.07 Å². The van der Waals surface area contributed by atoms with E-state index >= 15 is 0 Å². The van der Waals surface area contributed by atoms with Crippen molar-refractivity contribution in [3.8, 4) is 0 Å². The highest BCUT2D eigenvalue weighted by Crippen LogP contribution is 2.15. The van der Waals surface area contributed by atoms with Crippen LogP contribution in [0.25, 0.3) is 0 Å². The maximum atomic E-state index is 11.8. The van der Waals surface area contributed by atoms with Crippen LogP contribution < -0.4 is 0 Å². The fourth-order valence-corrected chi connectivity index (χ4v) is 2.58. The number of carbonyl (C=O) groups is 1. The third-order valence-electron chi connectivity index (χ3n) is 2.73. The van der Waals surface area contributed by atoms with Gasteiger partial charge in [0, 0.05) is 12.1 Å². The molecule has 0 fully saturated rings. The molecule has 0 spiro atoms. The second-order valence-corrected chi connectivity index (χ2v) is 5.87. The molecular weight excluding hydrogens is 310 g/mol. The molecule has 0 atom stereocenters. The maximum absolute atomic E-state index is 11.8. The molecule has 7 nitrogen and oxygen atoms in total. The monoisotopic (exact) mass is 321 g/mol. The largest absolute Gasteiger partial charge is 0.342 e. The van der Waals surface area contributed by atoms with Gasteiger partial charge in [-0.05, 0) is 17.7 Å². The zero-order valence-corrected chi connectivity index (χ0v) is 12.0. The zero-order valence-electron chi connectivity index (χ0n) is 11.2. The minimum absolute atomic E-state index is 0.117. The van der Waals surface area contributed by atoms with Crippen molar-refractivity contribution in [2.45, 2.75) is 11.3 Å². The molecule has 2 rings (SSSR count). The molecule has 0 heterocycles. The molecule has 0 unspecified atom stereocenters. The smallest absolute Gasteiger partial charge is 0.341 e. The van der Waals surface area contributed by atoms with E-state index in [9.17, 15) is 23.3 Å².